The fraction of sp³-hybridized carbons (Fsp3) is 0.400. The van der Waals surface area contributed by atoms with Crippen molar-refractivity contribution in [3.05, 3.63) is 45.8 Å². The SMILES string of the molecule is COC(=O)c1cc(C(C)C)sc1NC(=O)C(C#N)=Cc1ccc(OCCC(C)C)c(OC)c1. The van der Waals surface area contributed by atoms with Crippen LogP contribution in [0.15, 0.2) is 29.8 Å². The molecule has 0 aliphatic rings. The van der Waals surface area contributed by atoms with Crippen LogP contribution in [0.4, 0.5) is 5.00 Å². The van der Waals surface area contributed by atoms with E-state index in [1.807, 2.05) is 19.9 Å². The van der Waals surface area contributed by atoms with Crippen molar-refractivity contribution in [1.82, 2.24) is 0 Å². The van der Waals surface area contributed by atoms with Crippen molar-refractivity contribution in [2.45, 2.75) is 40.0 Å². The third-order valence-electron chi connectivity index (χ3n) is 4.77. The molecule has 1 aromatic carbocycles. The van der Waals surface area contributed by atoms with E-state index in [0.717, 1.165) is 11.3 Å². The minimum Gasteiger partial charge on any atom is -0.493 e. The number of esters is 1. The molecule has 0 fully saturated rings. The quantitative estimate of drug-likeness (QED) is 0.274. The lowest BCUT2D eigenvalue weighted by molar-refractivity contribution is -0.112. The molecule has 0 unspecified atom stereocenters. The van der Waals surface area contributed by atoms with Gasteiger partial charge in [0.05, 0.1) is 26.4 Å². The largest absolute Gasteiger partial charge is 0.493 e. The molecule has 33 heavy (non-hydrogen) atoms. The standard InChI is InChI=1S/C25H30N2O5S/c1-15(2)9-10-32-20-8-7-17(12-21(20)30-5)11-18(14-26)23(28)27-24-19(25(29)31-6)13-22(33-24)16(3)4/h7-8,11-13,15-16H,9-10H2,1-6H3,(H,27,28). The monoisotopic (exact) mass is 470 g/mol. The zero-order valence-corrected chi connectivity index (χ0v) is 20.7. The molecule has 2 rings (SSSR count). The molecular weight excluding hydrogens is 440 g/mol. The van der Waals surface area contributed by atoms with Gasteiger partial charge in [0.1, 0.15) is 16.6 Å². The predicted octanol–water partition coefficient (Wildman–Crippen LogP) is 5.64. The second-order valence-corrected chi connectivity index (χ2v) is 9.19. The number of anilines is 1. The van der Waals surface area contributed by atoms with Crippen molar-refractivity contribution in [3.63, 3.8) is 0 Å². The van der Waals surface area contributed by atoms with E-state index in [-0.39, 0.29) is 17.1 Å². The molecule has 0 radical (unpaired) electrons. The Labute approximate surface area is 199 Å². The molecule has 1 amide bonds. The van der Waals surface area contributed by atoms with Gasteiger partial charge in [0.25, 0.3) is 5.91 Å². The minimum absolute atomic E-state index is 0.110. The van der Waals surface area contributed by atoms with Crippen LogP contribution in [0, 0.1) is 17.2 Å². The number of rotatable bonds is 10. The maximum absolute atomic E-state index is 12.8. The molecular formula is C25H30N2O5S. The molecule has 0 bridgehead atoms. The van der Waals surface area contributed by atoms with E-state index < -0.39 is 11.9 Å². The van der Waals surface area contributed by atoms with Gasteiger partial charge in [-0.15, -0.1) is 11.3 Å². The molecule has 0 aliphatic heterocycles. The number of carbonyl (C=O) groups excluding carboxylic acids is 2. The summed E-state index contributed by atoms with van der Waals surface area (Å²) >= 11 is 1.29. The van der Waals surface area contributed by atoms with Crippen LogP contribution in [0.3, 0.4) is 0 Å². The number of thiophene rings is 1. The number of hydrogen-bond acceptors (Lipinski definition) is 7. The fourth-order valence-electron chi connectivity index (χ4n) is 2.83. The van der Waals surface area contributed by atoms with Crippen LogP contribution in [0.1, 0.15) is 60.8 Å². The molecule has 0 saturated carbocycles. The molecule has 8 heteroatoms. The van der Waals surface area contributed by atoms with E-state index in [4.69, 9.17) is 14.2 Å². The summed E-state index contributed by atoms with van der Waals surface area (Å²) in [6.07, 6.45) is 2.38. The van der Waals surface area contributed by atoms with Gasteiger partial charge >= 0.3 is 5.97 Å². The number of methoxy groups -OCH3 is 2. The number of nitriles is 1. The second-order valence-electron chi connectivity index (χ2n) is 8.10. The van der Waals surface area contributed by atoms with E-state index in [9.17, 15) is 14.9 Å². The molecule has 1 aromatic heterocycles. The van der Waals surface area contributed by atoms with Crippen LogP contribution in [0.2, 0.25) is 0 Å². The summed E-state index contributed by atoms with van der Waals surface area (Å²) in [4.78, 5) is 25.9. The summed E-state index contributed by atoms with van der Waals surface area (Å²) in [5.74, 6) is 0.641. The van der Waals surface area contributed by atoms with Gasteiger partial charge in [-0.05, 0) is 48.1 Å². The van der Waals surface area contributed by atoms with Crippen molar-refractivity contribution >= 4 is 34.3 Å². The van der Waals surface area contributed by atoms with E-state index in [1.54, 1.807) is 24.3 Å². The van der Waals surface area contributed by atoms with Crippen LogP contribution in [0.5, 0.6) is 11.5 Å². The average Bonchev–Trinajstić information content (AvgIpc) is 3.21. The summed E-state index contributed by atoms with van der Waals surface area (Å²) in [7, 11) is 2.82. The van der Waals surface area contributed by atoms with Gasteiger partial charge in [0.15, 0.2) is 11.5 Å². The van der Waals surface area contributed by atoms with Crippen LogP contribution in [0.25, 0.3) is 6.08 Å². The molecule has 0 saturated heterocycles. The molecule has 0 aliphatic carbocycles. The Hall–Kier alpha value is -3.31. The Bertz CT molecular complexity index is 1060. The first kappa shape index (κ1) is 25.9. The maximum Gasteiger partial charge on any atom is 0.340 e. The highest BCUT2D eigenvalue weighted by atomic mass is 32.1. The molecule has 7 nitrogen and oxygen atoms in total. The Morgan fingerprint density at radius 2 is 1.88 bits per heavy atom. The van der Waals surface area contributed by atoms with Gasteiger partial charge in [0.2, 0.25) is 0 Å². The van der Waals surface area contributed by atoms with Crippen molar-refractivity contribution in [1.29, 1.82) is 5.26 Å². The number of amides is 1. The molecule has 1 heterocycles. The van der Waals surface area contributed by atoms with Crippen LogP contribution in [-0.4, -0.2) is 32.7 Å². The number of benzene rings is 1. The summed E-state index contributed by atoms with van der Waals surface area (Å²) in [6, 6.07) is 8.84. The van der Waals surface area contributed by atoms with E-state index in [0.29, 0.717) is 34.6 Å². The lowest BCUT2D eigenvalue weighted by atomic mass is 10.1. The smallest absolute Gasteiger partial charge is 0.340 e. The van der Waals surface area contributed by atoms with Crippen molar-refractivity contribution in [3.8, 4) is 17.6 Å². The van der Waals surface area contributed by atoms with Gasteiger partial charge < -0.3 is 19.5 Å². The number of nitrogens with zero attached hydrogens (tertiary/aromatic N) is 1. The normalized spacial score (nSPS) is 11.3. The summed E-state index contributed by atoms with van der Waals surface area (Å²) < 4.78 is 16.0. The number of carbonyl (C=O) groups is 2. The Morgan fingerprint density at radius 3 is 2.45 bits per heavy atom. The molecule has 0 spiro atoms. The first-order chi connectivity index (χ1) is 15.7. The predicted molar refractivity (Wildman–Crippen MR) is 130 cm³/mol. The molecule has 176 valence electrons. The lowest BCUT2D eigenvalue weighted by Crippen LogP contribution is -2.15. The first-order valence-corrected chi connectivity index (χ1v) is 11.5. The average molecular weight is 471 g/mol. The molecule has 0 atom stereocenters. The summed E-state index contributed by atoms with van der Waals surface area (Å²) in [5, 5.41) is 12.6. The third kappa shape index (κ3) is 7.09. The van der Waals surface area contributed by atoms with E-state index in [2.05, 4.69) is 19.2 Å². The zero-order valence-electron chi connectivity index (χ0n) is 19.9. The third-order valence-corrected chi connectivity index (χ3v) is 6.12. The molecule has 2 aromatic rings. The van der Waals surface area contributed by atoms with Crippen LogP contribution < -0.4 is 14.8 Å². The zero-order chi connectivity index (χ0) is 24.5. The highest BCUT2D eigenvalue weighted by molar-refractivity contribution is 7.16. The number of ether oxygens (including phenoxy) is 3. The van der Waals surface area contributed by atoms with E-state index >= 15 is 0 Å². The van der Waals surface area contributed by atoms with Crippen LogP contribution in [-0.2, 0) is 9.53 Å². The van der Waals surface area contributed by atoms with Crippen molar-refractivity contribution in [2.75, 3.05) is 26.1 Å². The lowest BCUT2D eigenvalue weighted by Gasteiger charge is -2.12. The summed E-state index contributed by atoms with van der Waals surface area (Å²) in [5.41, 5.74) is 0.763. The Kier molecular flexibility index (Phi) is 9.49. The van der Waals surface area contributed by atoms with Gasteiger partial charge in [-0.25, -0.2) is 4.79 Å². The molecule has 1 N–H and O–H groups in total. The van der Waals surface area contributed by atoms with E-state index in [1.165, 1.54) is 31.6 Å². The first-order valence-electron chi connectivity index (χ1n) is 10.7. The Morgan fingerprint density at radius 1 is 1.15 bits per heavy atom. The Balaban J connectivity index is 2.26. The van der Waals surface area contributed by atoms with Gasteiger partial charge in [0, 0.05) is 4.88 Å². The minimum atomic E-state index is -0.615. The highest BCUT2D eigenvalue weighted by Crippen LogP contribution is 2.34. The number of hydrogen-bond donors (Lipinski definition) is 1. The maximum atomic E-state index is 12.8. The topological polar surface area (TPSA) is 97.7 Å². The van der Waals surface area contributed by atoms with Gasteiger partial charge in [-0.2, -0.15) is 5.26 Å². The highest BCUT2D eigenvalue weighted by Gasteiger charge is 2.21. The number of nitrogens with one attached hydrogen (secondary N) is 1. The van der Waals surface area contributed by atoms with Crippen molar-refractivity contribution < 1.29 is 23.8 Å². The van der Waals surface area contributed by atoms with Gasteiger partial charge in [-0.3, -0.25) is 4.79 Å². The van der Waals surface area contributed by atoms with Crippen LogP contribution >= 0.6 is 11.3 Å². The van der Waals surface area contributed by atoms with Gasteiger partial charge in [-0.1, -0.05) is 33.8 Å². The fourth-order valence-corrected chi connectivity index (χ4v) is 3.88. The second kappa shape index (κ2) is 12.1. The summed E-state index contributed by atoms with van der Waals surface area (Å²) in [6.45, 7) is 8.79. The van der Waals surface area contributed by atoms with Crippen molar-refractivity contribution in [2.24, 2.45) is 5.92 Å².